The average Bonchev–Trinajstić information content (AvgIpc) is 2.68. The van der Waals surface area contributed by atoms with E-state index < -0.39 is 5.67 Å². The van der Waals surface area contributed by atoms with Crippen molar-refractivity contribution in [2.24, 2.45) is 0 Å². The van der Waals surface area contributed by atoms with E-state index in [4.69, 9.17) is 4.98 Å². The Labute approximate surface area is 163 Å². The number of hydrogen-bond acceptors (Lipinski definition) is 3. The van der Waals surface area contributed by atoms with E-state index in [2.05, 4.69) is 22.8 Å². The lowest BCUT2D eigenvalue weighted by molar-refractivity contribution is 0.233. The summed E-state index contributed by atoms with van der Waals surface area (Å²) in [7, 11) is 0. The predicted octanol–water partition coefficient (Wildman–Crippen LogP) is 4.56. The second-order valence-corrected chi connectivity index (χ2v) is 8.14. The number of fused-ring (bicyclic) bond motifs is 1. The molecule has 2 heterocycles. The zero-order valence-electron chi connectivity index (χ0n) is 16.6. The summed E-state index contributed by atoms with van der Waals surface area (Å²) in [5.41, 5.74) is 1.83. The summed E-state index contributed by atoms with van der Waals surface area (Å²) in [5, 5.41) is 0. The molecule has 2 aliphatic carbocycles. The van der Waals surface area contributed by atoms with E-state index >= 15 is 4.39 Å². The van der Waals surface area contributed by atoms with E-state index in [1.807, 2.05) is 18.2 Å². The number of anilines is 1. The van der Waals surface area contributed by atoms with Crippen LogP contribution in [0.2, 0.25) is 0 Å². The fourth-order valence-corrected chi connectivity index (χ4v) is 4.66. The topological polar surface area (TPSA) is 19.4 Å². The van der Waals surface area contributed by atoms with Gasteiger partial charge in [-0.25, -0.2) is 9.37 Å². The number of rotatable bonds is 3. The van der Waals surface area contributed by atoms with E-state index in [-0.39, 0.29) is 0 Å². The molecule has 0 saturated carbocycles. The molecule has 1 aliphatic heterocycles. The maximum atomic E-state index is 16.0. The monoisotopic (exact) mass is 369 g/mol. The summed E-state index contributed by atoms with van der Waals surface area (Å²) in [6.07, 6.45) is 14.7. The normalized spacial score (nSPS) is 26.5. The fourth-order valence-electron chi connectivity index (χ4n) is 4.66. The first-order chi connectivity index (χ1) is 13.2. The van der Waals surface area contributed by atoms with Crippen molar-refractivity contribution in [3.63, 3.8) is 0 Å². The van der Waals surface area contributed by atoms with Gasteiger partial charge in [0.15, 0.2) is 5.67 Å². The zero-order valence-corrected chi connectivity index (χ0v) is 16.6. The van der Waals surface area contributed by atoms with Crippen molar-refractivity contribution >= 4 is 5.82 Å². The highest BCUT2D eigenvalue weighted by molar-refractivity contribution is 5.51. The Hall–Kier alpha value is -1.68. The Morgan fingerprint density at radius 1 is 1.04 bits per heavy atom. The standard InChI is InChI=1S/C23H32FN3/c1-2-26-14-16-27(17-15-26)22-18-20(23(24)12-8-5-9-13-23)19-10-6-3-4-7-11-21(19)25-22/h5,8-9,12,18H,2-4,6-7,10-11,13-17H2,1H3. The third kappa shape index (κ3) is 3.96. The molecule has 0 amide bonds. The molecule has 3 aliphatic rings. The molecule has 0 aromatic carbocycles. The quantitative estimate of drug-likeness (QED) is 0.778. The maximum absolute atomic E-state index is 16.0. The number of pyridine rings is 1. The third-order valence-electron chi connectivity index (χ3n) is 6.40. The van der Waals surface area contributed by atoms with E-state index in [0.717, 1.165) is 69.1 Å². The van der Waals surface area contributed by atoms with Crippen molar-refractivity contribution in [2.45, 2.75) is 57.5 Å². The van der Waals surface area contributed by atoms with Crippen LogP contribution >= 0.6 is 0 Å². The molecule has 1 aromatic rings. The van der Waals surface area contributed by atoms with Gasteiger partial charge in [-0.15, -0.1) is 0 Å². The molecule has 4 heteroatoms. The first-order valence-electron chi connectivity index (χ1n) is 10.7. The number of aromatic nitrogens is 1. The Morgan fingerprint density at radius 3 is 2.52 bits per heavy atom. The van der Waals surface area contributed by atoms with Crippen LogP contribution in [0.4, 0.5) is 10.2 Å². The maximum Gasteiger partial charge on any atom is 0.158 e. The van der Waals surface area contributed by atoms with E-state index in [9.17, 15) is 0 Å². The number of halogens is 1. The largest absolute Gasteiger partial charge is 0.354 e. The van der Waals surface area contributed by atoms with Crippen molar-refractivity contribution < 1.29 is 4.39 Å². The van der Waals surface area contributed by atoms with Crippen molar-refractivity contribution in [1.29, 1.82) is 0 Å². The molecule has 3 nitrogen and oxygen atoms in total. The Bertz CT molecular complexity index is 719. The molecular formula is C23H32FN3. The van der Waals surface area contributed by atoms with Crippen molar-refractivity contribution in [3.05, 3.63) is 47.2 Å². The minimum absolute atomic E-state index is 0.434. The first kappa shape index (κ1) is 18.7. The fraction of sp³-hybridized carbons (Fsp3) is 0.609. The van der Waals surface area contributed by atoms with Gasteiger partial charge >= 0.3 is 0 Å². The molecule has 146 valence electrons. The van der Waals surface area contributed by atoms with Crippen LogP contribution in [-0.2, 0) is 18.5 Å². The van der Waals surface area contributed by atoms with Crippen molar-refractivity contribution in [3.8, 4) is 0 Å². The smallest absolute Gasteiger partial charge is 0.158 e. The van der Waals surface area contributed by atoms with Gasteiger partial charge in [0.2, 0.25) is 0 Å². The zero-order chi connectivity index (χ0) is 18.7. The van der Waals surface area contributed by atoms with Gasteiger partial charge < -0.3 is 9.80 Å². The molecular weight excluding hydrogens is 337 g/mol. The molecule has 0 bridgehead atoms. The summed E-state index contributed by atoms with van der Waals surface area (Å²) in [5.74, 6) is 0.986. The van der Waals surface area contributed by atoms with E-state index in [0.29, 0.717) is 6.42 Å². The molecule has 4 rings (SSSR count). The Kier molecular flexibility index (Phi) is 5.63. The summed E-state index contributed by atoms with van der Waals surface area (Å²) >= 11 is 0. The highest BCUT2D eigenvalue weighted by Gasteiger charge is 2.34. The van der Waals surface area contributed by atoms with Gasteiger partial charge in [-0.2, -0.15) is 0 Å². The van der Waals surface area contributed by atoms with Gasteiger partial charge in [0.1, 0.15) is 5.82 Å². The lowest BCUT2D eigenvalue weighted by Crippen LogP contribution is -2.46. The van der Waals surface area contributed by atoms with Gasteiger partial charge in [-0.3, -0.25) is 0 Å². The molecule has 0 radical (unpaired) electrons. The minimum atomic E-state index is -1.39. The number of piperazine rings is 1. The summed E-state index contributed by atoms with van der Waals surface area (Å²) in [4.78, 5) is 9.90. The van der Waals surface area contributed by atoms with Crippen LogP contribution in [0.15, 0.2) is 30.4 Å². The van der Waals surface area contributed by atoms with Crippen LogP contribution in [0.5, 0.6) is 0 Å². The molecule has 27 heavy (non-hydrogen) atoms. The number of likely N-dealkylation sites (N-methyl/N-ethyl adjacent to an activating group) is 1. The van der Waals surface area contributed by atoms with Crippen LogP contribution in [0.3, 0.4) is 0 Å². The third-order valence-corrected chi connectivity index (χ3v) is 6.40. The van der Waals surface area contributed by atoms with Gasteiger partial charge in [-0.1, -0.05) is 38.0 Å². The van der Waals surface area contributed by atoms with E-state index in [1.165, 1.54) is 24.8 Å². The van der Waals surface area contributed by atoms with E-state index in [1.54, 1.807) is 6.08 Å². The molecule has 1 fully saturated rings. The molecule has 1 aromatic heterocycles. The minimum Gasteiger partial charge on any atom is -0.354 e. The second kappa shape index (κ2) is 8.14. The average molecular weight is 370 g/mol. The molecule has 0 spiro atoms. The number of hydrogen-bond donors (Lipinski definition) is 0. The lowest BCUT2D eigenvalue weighted by Gasteiger charge is -2.36. The number of aryl methyl sites for hydroxylation is 1. The van der Waals surface area contributed by atoms with Crippen LogP contribution in [0, 0.1) is 0 Å². The van der Waals surface area contributed by atoms with Crippen LogP contribution in [0.25, 0.3) is 0 Å². The number of alkyl halides is 1. The van der Waals surface area contributed by atoms with Crippen molar-refractivity contribution in [1.82, 2.24) is 9.88 Å². The molecule has 1 saturated heterocycles. The van der Waals surface area contributed by atoms with Crippen LogP contribution in [0.1, 0.15) is 55.8 Å². The van der Waals surface area contributed by atoms with Crippen LogP contribution in [-0.4, -0.2) is 42.6 Å². The SMILES string of the molecule is CCN1CCN(c2cc(C3(F)C=CC=CC3)c3c(n2)CCCCCC3)CC1. The van der Waals surface area contributed by atoms with Gasteiger partial charge in [0.05, 0.1) is 0 Å². The predicted molar refractivity (Wildman–Crippen MR) is 110 cm³/mol. The highest BCUT2D eigenvalue weighted by atomic mass is 19.1. The second-order valence-electron chi connectivity index (χ2n) is 8.14. The molecule has 1 unspecified atom stereocenters. The van der Waals surface area contributed by atoms with Crippen molar-refractivity contribution in [2.75, 3.05) is 37.6 Å². The lowest BCUT2D eigenvalue weighted by atomic mass is 9.82. The molecule has 1 atom stereocenters. The summed E-state index contributed by atoms with van der Waals surface area (Å²) < 4.78 is 16.0. The highest BCUT2D eigenvalue weighted by Crippen LogP contribution is 2.40. The number of allylic oxidation sites excluding steroid dienone is 4. The summed E-state index contributed by atoms with van der Waals surface area (Å²) in [6.45, 7) is 7.40. The Morgan fingerprint density at radius 2 is 1.81 bits per heavy atom. The molecule has 0 N–H and O–H groups in total. The van der Waals surface area contributed by atoms with Gasteiger partial charge in [0, 0.05) is 43.9 Å². The van der Waals surface area contributed by atoms with Crippen LogP contribution < -0.4 is 4.90 Å². The van der Waals surface area contributed by atoms with Gasteiger partial charge in [-0.05, 0) is 49.9 Å². The summed E-state index contributed by atoms with van der Waals surface area (Å²) in [6, 6.07) is 2.07. The Balaban J connectivity index is 1.72. The number of nitrogens with zero attached hydrogens (tertiary/aromatic N) is 3. The first-order valence-corrected chi connectivity index (χ1v) is 10.7. The van der Waals surface area contributed by atoms with Gasteiger partial charge in [0.25, 0.3) is 0 Å².